The van der Waals surface area contributed by atoms with Crippen LogP contribution in [0.3, 0.4) is 0 Å². The Morgan fingerprint density at radius 1 is 1.41 bits per heavy atom. The van der Waals surface area contributed by atoms with Gasteiger partial charge in [-0.25, -0.2) is 8.42 Å². The highest BCUT2D eigenvalue weighted by Gasteiger charge is 2.46. The van der Waals surface area contributed by atoms with Crippen LogP contribution in [0.5, 0.6) is 0 Å². The van der Waals surface area contributed by atoms with Gasteiger partial charge in [-0.1, -0.05) is 6.92 Å². The van der Waals surface area contributed by atoms with Crippen molar-refractivity contribution >= 4 is 9.84 Å². The summed E-state index contributed by atoms with van der Waals surface area (Å²) >= 11 is 0. The molecular formula is C12H24N2O2S. The molecule has 100 valence electrons. The van der Waals surface area contributed by atoms with Crippen molar-refractivity contribution in [2.75, 3.05) is 24.6 Å². The van der Waals surface area contributed by atoms with Gasteiger partial charge in [0.2, 0.25) is 0 Å². The zero-order valence-electron chi connectivity index (χ0n) is 10.9. The van der Waals surface area contributed by atoms with Crippen LogP contribution in [0.4, 0.5) is 0 Å². The minimum Gasteiger partial charge on any atom is -0.329 e. The van der Waals surface area contributed by atoms with Crippen LogP contribution in [0.15, 0.2) is 0 Å². The Labute approximate surface area is 104 Å². The monoisotopic (exact) mass is 260 g/mol. The summed E-state index contributed by atoms with van der Waals surface area (Å²) in [5.74, 6) is 1.25. The van der Waals surface area contributed by atoms with Gasteiger partial charge in [-0.15, -0.1) is 0 Å². The van der Waals surface area contributed by atoms with E-state index in [9.17, 15) is 8.42 Å². The smallest absolute Gasteiger partial charge is 0.152 e. The minimum atomic E-state index is -2.90. The molecule has 2 aliphatic rings. The number of hydrogen-bond acceptors (Lipinski definition) is 4. The van der Waals surface area contributed by atoms with E-state index < -0.39 is 9.84 Å². The molecule has 0 saturated carbocycles. The van der Waals surface area contributed by atoms with Crippen LogP contribution in [0.2, 0.25) is 0 Å². The first kappa shape index (κ1) is 13.3. The van der Waals surface area contributed by atoms with Crippen molar-refractivity contribution in [2.24, 2.45) is 11.7 Å². The Balaban J connectivity index is 2.25. The van der Waals surface area contributed by atoms with Crippen molar-refractivity contribution in [1.29, 1.82) is 0 Å². The molecule has 5 heteroatoms. The van der Waals surface area contributed by atoms with Crippen LogP contribution < -0.4 is 5.73 Å². The third kappa shape index (κ3) is 2.51. The predicted molar refractivity (Wildman–Crippen MR) is 69.6 cm³/mol. The molecule has 0 aromatic rings. The first-order valence-electron chi connectivity index (χ1n) is 6.56. The average molecular weight is 260 g/mol. The Morgan fingerprint density at radius 3 is 2.59 bits per heavy atom. The van der Waals surface area contributed by atoms with Gasteiger partial charge in [0.15, 0.2) is 9.84 Å². The molecule has 0 spiro atoms. The lowest BCUT2D eigenvalue weighted by atomic mass is 9.92. The topological polar surface area (TPSA) is 63.4 Å². The van der Waals surface area contributed by atoms with Gasteiger partial charge in [-0.3, -0.25) is 4.90 Å². The molecular weight excluding hydrogens is 236 g/mol. The number of nitrogens with zero attached hydrogens (tertiary/aromatic N) is 1. The number of likely N-dealkylation sites (tertiary alicyclic amines) is 1. The summed E-state index contributed by atoms with van der Waals surface area (Å²) in [6.45, 7) is 5.89. The van der Waals surface area contributed by atoms with Crippen molar-refractivity contribution in [3.63, 3.8) is 0 Å². The molecule has 17 heavy (non-hydrogen) atoms. The summed E-state index contributed by atoms with van der Waals surface area (Å²) in [7, 11) is -2.90. The van der Waals surface area contributed by atoms with E-state index in [4.69, 9.17) is 5.73 Å². The van der Waals surface area contributed by atoms with Crippen LogP contribution >= 0.6 is 0 Å². The molecule has 0 amide bonds. The minimum absolute atomic E-state index is 0.257. The SMILES string of the molecule is CC1CC(C)N(C2(CN)CCCS(=O)(=O)C2)C1. The van der Waals surface area contributed by atoms with E-state index in [-0.39, 0.29) is 11.3 Å². The van der Waals surface area contributed by atoms with Crippen LogP contribution in [0.1, 0.15) is 33.1 Å². The van der Waals surface area contributed by atoms with Crippen molar-refractivity contribution in [3.05, 3.63) is 0 Å². The van der Waals surface area contributed by atoms with Crippen molar-refractivity contribution < 1.29 is 8.42 Å². The lowest BCUT2D eigenvalue weighted by molar-refractivity contribution is 0.0910. The lowest BCUT2D eigenvalue weighted by Crippen LogP contribution is -2.61. The van der Waals surface area contributed by atoms with E-state index in [2.05, 4.69) is 18.7 Å². The summed E-state index contributed by atoms with van der Waals surface area (Å²) in [5, 5.41) is 0. The zero-order valence-corrected chi connectivity index (χ0v) is 11.7. The maximum absolute atomic E-state index is 11.9. The van der Waals surface area contributed by atoms with E-state index in [1.165, 1.54) is 0 Å². The summed E-state index contributed by atoms with van der Waals surface area (Å²) in [5.41, 5.74) is 5.65. The highest BCUT2D eigenvalue weighted by Crippen LogP contribution is 2.36. The fourth-order valence-corrected chi connectivity index (χ4v) is 5.62. The van der Waals surface area contributed by atoms with Gasteiger partial charge in [0, 0.05) is 24.7 Å². The van der Waals surface area contributed by atoms with Gasteiger partial charge in [0.25, 0.3) is 0 Å². The third-order valence-corrected chi connectivity index (χ3v) is 6.25. The molecule has 3 atom stereocenters. The second kappa shape index (κ2) is 4.52. The van der Waals surface area contributed by atoms with Crippen LogP contribution in [-0.4, -0.2) is 49.5 Å². The van der Waals surface area contributed by atoms with Crippen molar-refractivity contribution in [3.8, 4) is 0 Å². The lowest BCUT2D eigenvalue weighted by Gasteiger charge is -2.45. The van der Waals surface area contributed by atoms with Gasteiger partial charge in [0.05, 0.1) is 11.5 Å². The Kier molecular flexibility index (Phi) is 3.54. The predicted octanol–water partition coefficient (Wildman–Crippen LogP) is 0.623. The second-order valence-corrected chi connectivity index (χ2v) is 8.15. The molecule has 0 aromatic carbocycles. The maximum atomic E-state index is 11.9. The second-order valence-electron chi connectivity index (χ2n) is 5.97. The van der Waals surface area contributed by atoms with Crippen molar-refractivity contribution in [2.45, 2.75) is 44.7 Å². The number of sulfone groups is 1. The summed E-state index contributed by atoms with van der Waals surface area (Å²) in [6, 6.07) is 0.460. The van der Waals surface area contributed by atoms with Gasteiger partial charge >= 0.3 is 0 Å². The molecule has 0 bridgehead atoms. The van der Waals surface area contributed by atoms with Crippen LogP contribution in [0, 0.1) is 5.92 Å². The van der Waals surface area contributed by atoms with Gasteiger partial charge in [0.1, 0.15) is 0 Å². The average Bonchev–Trinajstić information content (AvgIpc) is 2.56. The fourth-order valence-electron chi connectivity index (χ4n) is 3.64. The zero-order chi connectivity index (χ0) is 12.7. The molecule has 2 saturated heterocycles. The first-order chi connectivity index (χ1) is 7.88. The quantitative estimate of drug-likeness (QED) is 0.791. The molecule has 4 nitrogen and oxygen atoms in total. The van der Waals surface area contributed by atoms with Crippen LogP contribution in [0.25, 0.3) is 0 Å². The Morgan fingerprint density at radius 2 is 2.12 bits per heavy atom. The third-order valence-electron chi connectivity index (χ3n) is 4.36. The van der Waals surface area contributed by atoms with E-state index in [1.54, 1.807) is 0 Å². The molecule has 2 fully saturated rings. The Bertz CT molecular complexity index is 382. The van der Waals surface area contributed by atoms with Gasteiger partial charge in [-0.2, -0.15) is 0 Å². The summed E-state index contributed by atoms with van der Waals surface area (Å²) in [4.78, 5) is 2.37. The molecule has 2 aliphatic heterocycles. The largest absolute Gasteiger partial charge is 0.329 e. The summed E-state index contributed by atoms with van der Waals surface area (Å²) < 4.78 is 23.8. The highest BCUT2D eigenvalue weighted by atomic mass is 32.2. The number of hydrogen-bond donors (Lipinski definition) is 1. The van der Waals surface area contributed by atoms with Gasteiger partial charge in [-0.05, 0) is 32.1 Å². The molecule has 2 heterocycles. The molecule has 2 N–H and O–H groups in total. The van der Waals surface area contributed by atoms with E-state index in [1.807, 2.05) is 0 Å². The molecule has 0 radical (unpaired) electrons. The number of nitrogens with two attached hydrogens (primary N) is 1. The molecule has 0 aliphatic carbocycles. The van der Waals surface area contributed by atoms with Crippen LogP contribution in [-0.2, 0) is 9.84 Å². The van der Waals surface area contributed by atoms with Crippen molar-refractivity contribution in [1.82, 2.24) is 4.90 Å². The Hall–Kier alpha value is -0.130. The molecule has 0 aromatic heterocycles. The van der Waals surface area contributed by atoms with E-state index in [0.717, 1.165) is 25.8 Å². The van der Waals surface area contributed by atoms with Gasteiger partial charge < -0.3 is 5.73 Å². The standard InChI is InChI=1S/C12H24N2O2S/c1-10-6-11(2)14(7-10)12(8-13)4-3-5-17(15,16)9-12/h10-11H,3-9,13H2,1-2H3. The van der Waals surface area contributed by atoms with E-state index >= 15 is 0 Å². The highest BCUT2D eigenvalue weighted by molar-refractivity contribution is 7.91. The molecule has 2 rings (SSSR count). The molecule has 3 unspecified atom stereocenters. The first-order valence-corrected chi connectivity index (χ1v) is 8.38. The fraction of sp³-hybridized carbons (Fsp3) is 1.00. The van der Waals surface area contributed by atoms with E-state index in [0.29, 0.717) is 24.3 Å². The normalized spacial score (nSPS) is 42.8. The number of rotatable bonds is 2. The summed E-state index contributed by atoms with van der Waals surface area (Å²) in [6.07, 6.45) is 2.85. The maximum Gasteiger partial charge on any atom is 0.152 e.